The van der Waals surface area contributed by atoms with E-state index in [1.807, 2.05) is 6.92 Å². The van der Waals surface area contributed by atoms with Crippen LogP contribution in [0.2, 0.25) is 0 Å². The van der Waals surface area contributed by atoms with E-state index in [2.05, 4.69) is 52.6 Å². The smallest absolute Gasteiger partial charge is 0.0898 e. The Kier molecular flexibility index (Phi) is 3.97. The first-order chi connectivity index (χ1) is 8.13. The molecule has 3 nitrogen and oxygen atoms in total. The minimum Gasteiger partial charge on any atom is -0.348 e. The van der Waals surface area contributed by atoms with Gasteiger partial charge < -0.3 is 9.88 Å². The Morgan fingerprint density at radius 1 is 1.47 bits per heavy atom. The highest BCUT2D eigenvalue weighted by Crippen LogP contribution is 2.10. The van der Waals surface area contributed by atoms with E-state index in [1.165, 1.54) is 5.56 Å². The number of hydrogen-bond donors (Lipinski definition) is 1. The van der Waals surface area contributed by atoms with Gasteiger partial charge >= 0.3 is 0 Å². The summed E-state index contributed by atoms with van der Waals surface area (Å²) < 4.78 is 2.19. The van der Waals surface area contributed by atoms with Gasteiger partial charge in [0.15, 0.2) is 0 Å². The number of nitrogens with one attached hydrogen (secondary N) is 1. The lowest BCUT2D eigenvalue weighted by Gasteiger charge is -2.05. The molecular weight excluding hydrogens is 230 g/mol. The second-order valence-electron chi connectivity index (χ2n) is 4.59. The van der Waals surface area contributed by atoms with E-state index in [9.17, 15) is 0 Å². The molecule has 2 rings (SSSR count). The number of nitrogens with zero attached hydrogens (tertiary/aromatic N) is 2. The molecule has 92 valence electrons. The molecule has 1 N–H and O–H groups in total. The highest BCUT2D eigenvalue weighted by molar-refractivity contribution is 7.09. The summed E-state index contributed by atoms with van der Waals surface area (Å²) in [7, 11) is 0. The van der Waals surface area contributed by atoms with Gasteiger partial charge in [-0.1, -0.05) is 13.8 Å². The fourth-order valence-electron chi connectivity index (χ4n) is 1.68. The third kappa shape index (κ3) is 3.68. The number of hydrogen-bond acceptors (Lipinski definition) is 3. The first-order valence-electron chi connectivity index (χ1n) is 5.92. The van der Waals surface area contributed by atoms with Gasteiger partial charge in [0, 0.05) is 30.4 Å². The second-order valence-corrected chi connectivity index (χ2v) is 5.65. The predicted octanol–water partition coefficient (Wildman–Crippen LogP) is 2.80. The molecule has 2 aromatic rings. The molecule has 0 aliphatic heterocycles. The molecule has 0 bridgehead atoms. The molecule has 4 heteroatoms. The molecule has 0 atom stereocenters. The quantitative estimate of drug-likeness (QED) is 0.883. The topological polar surface area (TPSA) is 29.9 Å². The molecule has 0 amide bonds. The average molecular weight is 249 g/mol. The van der Waals surface area contributed by atoms with E-state index in [4.69, 9.17) is 0 Å². The van der Waals surface area contributed by atoms with Crippen LogP contribution in [0.1, 0.15) is 30.1 Å². The Morgan fingerprint density at radius 3 is 2.94 bits per heavy atom. The molecule has 0 aromatic carbocycles. The number of rotatable bonds is 5. The second kappa shape index (κ2) is 5.47. The standard InChI is InChI=1S/C13H19N3S/c1-10(2)14-6-12-4-5-16(7-12)8-13-9-17-11(3)15-13/h4-5,7,9-10,14H,6,8H2,1-3H3. The lowest BCUT2D eigenvalue weighted by molar-refractivity contribution is 0.588. The Bertz CT molecular complexity index is 470. The lowest BCUT2D eigenvalue weighted by atomic mass is 10.3. The Labute approximate surface area is 107 Å². The number of thiazole rings is 1. The fraction of sp³-hybridized carbons (Fsp3) is 0.462. The Morgan fingerprint density at radius 2 is 2.29 bits per heavy atom. The van der Waals surface area contributed by atoms with Gasteiger partial charge in [-0.3, -0.25) is 0 Å². The van der Waals surface area contributed by atoms with Crippen LogP contribution in [0.5, 0.6) is 0 Å². The number of aryl methyl sites for hydroxylation is 1. The van der Waals surface area contributed by atoms with E-state index >= 15 is 0 Å². The van der Waals surface area contributed by atoms with Crippen molar-refractivity contribution in [3.63, 3.8) is 0 Å². The van der Waals surface area contributed by atoms with E-state index in [1.54, 1.807) is 11.3 Å². The molecule has 0 aliphatic rings. The Balaban J connectivity index is 1.94. The SMILES string of the molecule is Cc1nc(Cn2ccc(CNC(C)C)c2)cs1. The zero-order valence-corrected chi connectivity index (χ0v) is 11.4. The predicted molar refractivity (Wildman–Crippen MR) is 72.4 cm³/mol. The maximum absolute atomic E-state index is 4.47. The molecule has 0 spiro atoms. The Hall–Kier alpha value is -1.13. The first kappa shape index (κ1) is 12.3. The summed E-state index contributed by atoms with van der Waals surface area (Å²) >= 11 is 1.71. The highest BCUT2D eigenvalue weighted by atomic mass is 32.1. The minimum absolute atomic E-state index is 0.527. The van der Waals surface area contributed by atoms with Crippen LogP contribution in [-0.4, -0.2) is 15.6 Å². The van der Waals surface area contributed by atoms with E-state index in [-0.39, 0.29) is 0 Å². The van der Waals surface area contributed by atoms with Crippen LogP contribution in [0.3, 0.4) is 0 Å². The van der Waals surface area contributed by atoms with Gasteiger partial charge in [-0.05, 0) is 18.6 Å². The normalized spacial score (nSPS) is 11.3. The third-order valence-electron chi connectivity index (χ3n) is 2.54. The molecule has 0 unspecified atom stereocenters. The van der Waals surface area contributed by atoms with Gasteiger partial charge in [-0.15, -0.1) is 11.3 Å². The zero-order chi connectivity index (χ0) is 12.3. The summed E-state index contributed by atoms with van der Waals surface area (Å²) in [5, 5.41) is 6.68. The lowest BCUT2D eigenvalue weighted by Crippen LogP contribution is -2.21. The largest absolute Gasteiger partial charge is 0.348 e. The van der Waals surface area contributed by atoms with Gasteiger partial charge in [-0.25, -0.2) is 4.98 Å². The zero-order valence-electron chi connectivity index (χ0n) is 10.6. The van der Waals surface area contributed by atoms with Gasteiger partial charge in [0.1, 0.15) is 0 Å². The summed E-state index contributed by atoms with van der Waals surface area (Å²) in [6.07, 6.45) is 4.30. The molecule has 0 aliphatic carbocycles. The van der Waals surface area contributed by atoms with Crippen molar-refractivity contribution < 1.29 is 0 Å². The molecule has 2 aromatic heterocycles. The van der Waals surface area contributed by atoms with Crippen molar-refractivity contribution in [2.45, 2.75) is 39.9 Å². The molecule has 0 saturated heterocycles. The van der Waals surface area contributed by atoms with Crippen LogP contribution in [0, 0.1) is 6.92 Å². The summed E-state index contributed by atoms with van der Waals surface area (Å²) in [6.45, 7) is 8.17. The van der Waals surface area contributed by atoms with Crippen LogP contribution >= 0.6 is 11.3 Å². The van der Waals surface area contributed by atoms with E-state index in [0.717, 1.165) is 23.8 Å². The van der Waals surface area contributed by atoms with E-state index < -0.39 is 0 Å². The van der Waals surface area contributed by atoms with Gasteiger partial charge in [0.2, 0.25) is 0 Å². The maximum atomic E-state index is 4.47. The van der Waals surface area contributed by atoms with Crippen molar-refractivity contribution in [1.82, 2.24) is 14.9 Å². The highest BCUT2D eigenvalue weighted by Gasteiger charge is 2.01. The molecule has 0 fully saturated rings. The van der Waals surface area contributed by atoms with Crippen LogP contribution in [-0.2, 0) is 13.1 Å². The van der Waals surface area contributed by atoms with E-state index in [0.29, 0.717) is 6.04 Å². The summed E-state index contributed by atoms with van der Waals surface area (Å²) in [5.41, 5.74) is 2.47. The monoisotopic (exact) mass is 249 g/mol. The van der Waals surface area contributed by atoms with Crippen molar-refractivity contribution in [2.24, 2.45) is 0 Å². The number of aromatic nitrogens is 2. The van der Waals surface area contributed by atoms with Crippen molar-refractivity contribution in [3.8, 4) is 0 Å². The molecule has 2 heterocycles. The van der Waals surface area contributed by atoms with Gasteiger partial charge in [0.05, 0.1) is 17.2 Å². The van der Waals surface area contributed by atoms with Crippen LogP contribution in [0.25, 0.3) is 0 Å². The molecular formula is C13H19N3S. The molecule has 0 saturated carbocycles. The minimum atomic E-state index is 0.527. The fourth-order valence-corrected chi connectivity index (χ4v) is 2.29. The summed E-state index contributed by atoms with van der Waals surface area (Å²) in [4.78, 5) is 4.47. The van der Waals surface area contributed by atoms with Crippen LogP contribution in [0.4, 0.5) is 0 Å². The first-order valence-corrected chi connectivity index (χ1v) is 6.80. The third-order valence-corrected chi connectivity index (χ3v) is 3.36. The summed E-state index contributed by atoms with van der Waals surface area (Å²) in [5.74, 6) is 0. The maximum Gasteiger partial charge on any atom is 0.0898 e. The van der Waals surface area contributed by atoms with Gasteiger partial charge in [0.25, 0.3) is 0 Å². The average Bonchev–Trinajstić information content (AvgIpc) is 2.86. The van der Waals surface area contributed by atoms with Crippen molar-refractivity contribution in [2.75, 3.05) is 0 Å². The van der Waals surface area contributed by atoms with Crippen molar-refractivity contribution in [1.29, 1.82) is 0 Å². The van der Waals surface area contributed by atoms with Crippen molar-refractivity contribution in [3.05, 3.63) is 40.1 Å². The van der Waals surface area contributed by atoms with Crippen LogP contribution < -0.4 is 5.32 Å². The van der Waals surface area contributed by atoms with Gasteiger partial charge in [-0.2, -0.15) is 0 Å². The molecule has 0 radical (unpaired) electrons. The van der Waals surface area contributed by atoms with Crippen LogP contribution in [0.15, 0.2) is 23.8 Å². The summed E-state index contributed by atoms with van der Waals surface area (Å²) in [6, 6.07) is 2.69. The molecule has 17 heavy (non-hydrogen) atoms. The van der Waals surface area contributed by atoms with Crippen molar-refractivity contribution >= 4 is 11.3 Å².